The van der Waals surface area contributed by atoms with Gasteiger partial charge in [0, 0.05) is 0 Å². The summed E-state index contributed by atoms with van der Waals surface area (Å²) in [4.78, 5) is 21.4. The van der Waals surface area contributed by atoms with Gasteiger partial charge in [-0.15, -0.1) is 0 Å². The first-order valence-electron chi connectivity index (χ1n) is 5.40. The molecule has 2 heterocycles. The second-order valence-corrected chi connectivity index (χ2v) is 4.13. The summed E-state index contributed by atoms with van der Waals surface area (Å²) in [5.41, 5.74) is 5.34. The Kier molecular flexibility index (Phi) is 3.05. The summed E-state index contributed by atoms with van der Waals surface area (Å²) in [7, 11) is 2.10. The maximum atomic E-state index is 11.0. The summed E-state index contributed by atoms with van der Waals surface area (Å²) in [5, 5.41) is 11.0. The van der Waals surface area contributed by atoms with Crippen molar-refractivity contribution in [2.45, 2.75) is 0 Å². The van der Waals surface area contributed by atoms with E-state index in [2.05, 4.69) is 17.0 Å². The number of piperazine rings is 1. The van der Waals surface area contributed by atoms with Crippen LogP contribution in [0.15, 0.2) is 6.33 Å². The number of nitro groups is 1. The number of nitrogens with zero attached hydrogens (tertiary/aromatic N) is 4. The fourth-order valence-electron chi connectivity index (χ4n) is 1.89. The van der Waals surface area contributed by atoms with Crippen LogP contribution in [0, 0.1) is 10.1 Å². The van der Waals surface area contributed by atoms with Crippen molar-refractivity contribution in [3.63, 3.8) is 0 Å². The Bertz CT molecular complexity index is 429. The van der Waals surface area contributed by atoms with E-state index in [1.807, 2.05) is 4.90 Å². The molecule has 0 spiro atoms. The third kappa shape index (κ3) is 2.26. The van der Waals surface area contributed by atoms with E-state index >= 15 is 0 Å². The van der Waals surface area contributed by atoms with Crippen molar-refractivity contribution in [2.75, 3.05) is 43.9 Å². The standard InChI is InChI=1S/C9H14N6O2/c1-13-2-4-14(5-3-13)9-7(15(16)17)8(10)11-6-12-9/h6H,2-5H2,1H3,(H2,10,11,12)/p+1. The predicted molar refractivity (Wildman–Crippen MR) is 61.9 cm³/mol. The van der Waals surface area contributed by atoms with Gasteiger partial charge in [-0.25, -0.2) is 9.97 Å². The summed E-state index contributed by atoms with van der Waals surface area (Å²) in [6, 6.07) is 0. The molecule has 2 rings (SSSR count). The third-order valence-corrected chi connectivity index (χ3v) is 2.93. The molecule has 0 bridgehead atoms. The summed E-state index contributed by atoms with van der Waals surface area (Å²) >= 11 is 0. The molecule has 8 nitrogen and oxygen atoms in total. The quantitative estimate of drug-likeness (QED) is 0.471. The van der Waals surface area contributed by atoms with Crippen LogP contribution in [-0.2, 0) is 0 Å². The maximum absolute atomic E-state index is 11.0. The Morgan fingerprint density at radius 2 is 2.12 bits per heavy atom. The lowest BCUT2D eigenvalue weighted by atomic mass is 10.3. The molecular formula is C9H15N6O2+. The lowest BCUT2D eigenvalue weighted by Gasteiger charge is -2.30. The molecule has 1 aromatic rings. The molecular weight excluding hydrogens is 224 g/mol. The molecule has 1 aromatic heterocycles. The SMILES string of the molecule is C[NH+]1CCN(c2ncnc(N)c2[N+](=O)[O-])CC1. The van der Waals surface area contributed by atoms with Gasteiger partial charge in [0.2, 0.25) is 11.6 Å². The minimum absolute atomic E-state index is 0.0775. The first-order valence-corrected chi connectivity index (χ1v) is 5.40. The van der Waals surface area contributed by atoms with E-state index in [4.69, 9.17) is 5.73 Å². The van der Waals surface area contributed by atoms with Crippen molar-refractivity contribution in [3.8, 4) is 0 Å². The molecule has 0 aromatic carbocycles. The van der Waals surface area contributed by atoms with Crippen LogP contribution in [-0.4, -0.2) is 48.1 Å². The number of quaternary nitrogens is 1. The average molecular weight is 239 g/mol. The van der Waals surface area contributed by atoms with Gasteiger partial charge in [-0.05, 0) is 0 Å². The fourth-order valence-corrected chi connectivity index (χ4v) is 1.89. The van der Waals surface area contributed by atoms with Gasteiger partial charge in [0.05, 0.1) is 38.2 Å². The second kappa shape index (κ2) is 4.50. The molecule has 1 aliphatic heterocycles. The summed E-state index contributed by atoms with van der Waals surface area (Å²) < 4.78 is 0. The van der Waals surface area contributed by atoms with Crippen molar-refractivity contribution < 1.29 is 9.82 Å². The first kappa shape index (κ1) is 11.5. The molecule has 0 atom stereocenters. The van der Waals surface area contributed by atoms with E-state index in [9.17, 15) is 10.1 Å². The molecule has 8 heteroatoms. The molecule has 0 aliphatic carbocycles. The number of nitrogens with two attached hydrogens (primary N) is 1. The van der Waals surface area contributed by atoms with Crippen LogP contribution >= 0.6 is 0 Å². The van der Waals surface area contributed by atoms with E-state index in [0.29, 0.717) is 5.82 Å². The highest BCUT2D eigenvalue weighted by molar-refractivity contribution is 5.68. The van der Waals surface area contributed by atoms with Crippen molar-refractivity contribution >= 4 is 17.3 Å². The van der Waals surface area contributed by atoms with E-state index in [0.717, 1.165) is 26.2 Å². The smallest absolute Gasteiger partial charge is 0.353 e. The summed E-state index contributed by atoms with van der Waals surface area (Å²) in [6.07, 6.45) is 1.27. The minimum Gasteiger partial charge on any atom is -0.378 e. The number of nitrogens with one attached hydrogen (secondary N) is 1. The largest absolute Gasteiger partial charge is 0.378 e. The first-order chi connectivity index (χ1) is 8.09. The van der Waals surface area contributed by atoms with E-state index in [1.54, 1.807) is 0 Å². The van der Waals surface area contributed by atoms with Crippen LogP contribution in [0.5, 0.6) is 0 Å². The molecule has 17 heavy (non-hydrogen) atoms. The van der Waals surface area contributed by atoms with E-state index < -0.39 is 4.92 Å². The lowest BCUT2D eigenvalue weighted by molar-refractivity contribution is -0.880. The van der Waals surface area contributed by atoms with Crippen molar-refractivity contribution in [3.05, 3.63) is 16.4 Å². The zero-order chi connectivity index (χ0) is 12.4. The predicted octanol–water partition coefficient (Wildman–Crippen LogP) is -1.70. The molecule has 3 N–H and O–H groups in total. The number of hydrogen-bond acceptors (Lipinski definition) is 6. The highest BCUT2D eigenvalue weighted by atomic mass is 16.6. The Hall–Kier alpha value is -1.96. The molecule has 0 unspecified atom stereocenters. The van der Waals surface area contributed by atoms with Gasteiger partial charge >= 0.3 is 5.69 Å². The van der Waals surface area contributed by atoms with Gasteiger partial charge in [0.15, 0.2) is 0 Å². The number of anilines is 2. The third-order valence-electron chi connectivity index (χ3n) is 2.93. The normalized spacial score (nSPS) is 17.1. The maximum Gasteiger partial charge on any atom is 0.353 e. The molecule has 1 fully saturated rings. The Labute approximate surface area is 98.2 Å². The molecule has 1 aliphatic rings. The topological polar surface area (TPSA) is 103 Å². The van der Waals surface area contributed by atoms with Gasteiger partial charge in [-0.3, -0.25) is 10.1 Å². The number of nitrogen functional groups attached to an aromatic ring is 1. The lowest BCUT2D eigenvalue weighted by Crippen LogP contribution is -3.12. The monoisotopic (exact) mass is 239 g/mol. The fraction of sp³-hybridized carbons (Fsp3) is 0.556. The highest BCUT2D eigenvalue weighted by Gasteiger charge is 2.28. The van der Waals surface area contributed by atoms with Gasteiger partial charge < -0.3 is 15.5 Å². The van der Waals surface area contributed by atoms with Crippen LogP contribution in [0.2, 0.25) is 0 Å². The Morgan fingerprint density at radius 3 is 2.71 bits per heavy atom. The van der Waals surface area contributed by atoms with Gasteiger partial charge in [0.25, 0.3) is 0 Å². The minimum atomic E-state index is -0.518. The van der Waals surface area contributed by atoms with Gasteiger partial charge in [0.1, 0.15) is 6.33 Å². The molecule has 92 valence electrons. The summed E-state index contributed by atoms with van der Waals surface area (Å²) in [6.45, 7) is 3.34. The summed E-state index contributed by atoms with van der Waals surface area (Å²) in [5.74, 6) is 0.251. The molecule has 1 saturated heterocycles. The van der Waals surface area contributed by atoms with Gasteiger partial charge in [-0.1, -0.05) is 0 Å². The second-order valence-electron chi connectivity index (χ2n) is 4.13. The molecule has 0 amide bonds. The van der Waals surface area contributed by atoms with Crippen LogP contribution in [0.25, 0.3) is 0 Å². The van der Waals surface area contributed by atoms with Crippen LogP contribution in [0.3, 0.4) is 0 Å². The van der Waals surface area contributed by atoms with Crippen LogP contribution in [0.1, 0.15) is 0 Å². The average Bonchev–Trinajstić information content (AvgIpc) is 2.29. The number of rotatable bonds is 2. The zero-order valence-electron chi connectivity index (χ0n) is 9.59. The molecule has 0 radical (unpaired) electrons. The Morgan fingerprint density at radius 1 is 1.47 bits per heavy atom. The van der Waals surface area contributed by atoms with Crippen LogP contribution < -0.4 is 15.5 Å². The Balaban J connectivity index is 2.32. The van der Waals surface area contributed by atoms with Crippen LogP contribution in [0.4, 0.5) is 17.3 Å². The van der Waals surface area contributed by atoms with Gasteiger partial charge in [-0.2, -0.15) is 0 Å². The van der Waals surface area contributed by atoms with Crippen molar-refractivity contribution in [1.29, 1.82) is 0 Å². The number of likely N-dealkylation sites (N-methyl/N-ethyl adjacent to an activating group) is 1. The number of aromatic nitrogens is 2. The number of hydrogen-bond donors (Lipinski definition) is 2. The van der Waals surface area contributed by atoms with E-state index in [1.165, 1.54) is 11.2 Å². The highest BCUT2D eigenvalue weighted by Crippen LogP contribution is 2.29. The van der Waals surface area contributed by atoms with Crippen molar-refractivity contribution in [1.82, 2.24) is 9.97 Å². The van der Waals surface area contributed by atoms with E-state index in [-0.39, 0.29) is 11.5 Å². The van der Waals surface area contributed by atoms with Crippen molar-refractivity contribution in [2.24, 2.45) is 0 Å². The zero-order valence-corrected chi connectivity index (χ0v) is 9.59. The molecule has 0 saturated carbocycles.